The first-order valence-electron chi connectivity index (χ1n) is 22.4. The summed E-state index contributed by atoms with van der Waals surface area (Å²) >= 11 is 0. The van der Waals surface area contributed by atoms with Gasteiger partial charge in [-0.3, -0.25) is 13.8 Å². The van der Waals surface area contributed by atoms with Crippen molar-refractivity contribution in [2.24, 2.45) is 0 Å². The predicted molar refractivity (Wildman–Crippen MR) is 242 cm³/mol. The summed E-state index contributed by atoms with van der Waals surface area (Å²) in [5, 5.41) is 0. The van der Waals surface area contributed by atoms with Crippen molar-refractivity contribution in [3.05, 3.63) is 85.3 Å². The smallest absolute Gasteiger partial charge is 0.472 e. The van der Waals surface area contributed by atoms with Gasteiger partial charge in [-0.2, -0.15) is 0 Å². The minimum absolute atomic E-state index is 0.0262. The van der Waals surface area contributed by atoms with E-state index in [1.54, 1.807) is 6.26 Å². The third-order valence-electron chi connectivity index (χ3n) is 9.00. The lowest BCUT2D eigenvalue weighted by atomic mass is 10.1. The van der Waals surface area contributed by atoms with Gasteiger partial charge in [0.05, 0.1) is 34.0 Å². The average molecular weight is 819 g/mol. The second-order valence-corrected chi connectivity index (χ2v) is 17.2. The van der Waals surface area contributed by atoms with Gasteiger partial charge in [0.1, 0.15) is 19.8 Å². The van der Waals surface area contributed by atoms with Crippen LogP contribution in [-0.2, 0) is 27.9 Å². The Morgan fingerprint density at radius 1 is 0.579 bits per heavy atom. The summed E-state index contributed by atoms with van der Waals surface area (Å²) in [4.78, 5) is 22.9. The van der Waals surface area contributed by atoms with Gasteiger partial charge in [-0.05, 0) is 96.0 Å². The molecule has 0 amide bonds. The molecule has 0 fully saturated rings. The average Bonchev–Trinajstić information content (AvgIpc) is 3.16. The van der Waals surface area contributed by atoms with E-state index in [2.05, 4.69) is 86.8 Å². The molecule has 0 aliphatic heterocycles. The van der Waals surface area contributed by atoms with Crippen molar-refractivity contribution in [3.8, 4) is 0 Å². The molecule has 0 saturated carbocycles. The van der Waals surface area contributed by atoms with Crippen molar-refractivity contribution in [2.45, 2.75) is 168 Å². The number of phosphoric ester groups is 1. The molecular weight excluding hydrogens is 734 g/mol. The molecule has 0 bridgehead atoms. The van der Waals surface area contributed by atoms with Gasteiger partial charge in [0.15, 0.2) is 6.10 Å². The number of phosphoric acid groups is 1. The zero-order valence-corrected chi connectivity index (χ0v) is 37.9. The van der Waals surface area contributed by atoms with Crippen LogP contribution in [0.15, 0.2) is 85.3 Å². The predicted octanol–water partition coefficient (Wildman–Crippen LogP) is 13.6. The summed E-state index contributed by atoms with van der Waals surface area (Å²) in [7, 11) is 1.59. The van der Waals surface area contributed by atoms with Crippen molar-refractivity contribution < 1.29 is 37.3 Å². The highest BCUT2D eigenvalue weighted by atomic mass is 31.2. The number of likely N-dealkylation sites (N-methyl/N-ethyl adjacent to an activating group) is 1. The number of nitrogens with zero attached hydrogens (tertiary/aromatic N) is 1. The summed E-state index contributed by atoms with van der Waals surface area (Å²) in [6.07, 6.45) is 54.3. The Morgan fingerprint density at radius 2 is 1.04 bits per heavy atom. The molecule has 0 radical (unpaired) electrons. The maximum atomic E-state index is 12.7. The molecule has 9 heteroatoms. The van der Waals surface area contributed by atoms with Gasteiger partial charge in [0, 0.05) is 6.42 Å². The first kappa shape index (κ1) is 54.5. The lowest BCUT2D eigenvalue weighted by molar-refractivity contribution is -0.870. The van der Waals surface area contributed by atoms with Crippen molar-refractivity contribution >= 4 is 13.8 Å². The third kappa shape index (κ3) is 44.5. The molecule has 2 atom stereocenters. The molecular formula is C48H85NO7P+. The number of allylic oxidation sites excluding steroid dienone is 13. The summed E-state index contributed by atoms with van der Waals surface area (Å²) in [6.45, 7) is 4.74. The second kappa shape index (κ2) is 40.3. The third-order valence-corrected chi connectivity index (χ3v) is 9.99. The molecule has 0 aromatic carbocycles. The molecule has 0 spiro atoms. The molecule has 0 aliphatic rings. The fourth-order valence-electron chi connectivity index (χ4n) is 5.54. The van der Waals surface area contributed by atoms with Crippen LogP contribution in [0.5, 0.6) is 0 Å². The SMILES string of the molecule is CC/C=C\C/C=C\C/C=C\C/C=C\C/C=C\CCCCCC(=O)O[C@H](CO/C=C\CCCCCCCC/C=C\CCCCCC)COP(=O)(O)OCC[N+](C)(C)C. The highest BCUT2D eigenvalue weighted by Gasteiger charge is 2.26. The number of quaternary nitrogens is 1. The molecule has 8 nitrogen and oxygen atoms in total. The van der Waals surface area contributed by atoms with E-state index in [0.717, 1.165) is 64.2 Å². The van der Waals surface area contributed by atoms with Crippen LogP contribution in [0.3, 0.4) is 0 Å². The Hall–Kier alpha value is -2.48. The molecule has 328 valence electrons. The monoisotopic (exact) mass is 819 g/mol. The van der Waals surface area contributed by atoms with Crippen molar-refractivity contribution in [2.75, 3.05) is 47.5 Å². The Labute approximate surface area is 350 Å². The minimum Gasteiger partial charge on any atom is -0.498 e. The largest absolute Gasteiger partial charge is 0.498 e. The standard InChI is InChI=1S/C48H84NO7P/c1-6-8-10-12-14-16-18-20-22-24-25-26-27-29-31-33-35-37-39-41-48(50)56-47(46-55-57(51,52)54-44-42-49(3,4)5)45-53-43-40-38-36-34-32-30-28-23-21-19-17-15-13-11-9-7-2/h8,10,14,16-17,19-20,22,25-26,29,31,40,43,47H,6-7,9,11-13,15,18,21,23-24,27-28,30,32-39,41-42,44-46H2,1-5H3/p+1/b10-8-,16-14-,19-17-,22-20-,26-25-,31-29-,43-40-/t47-/m1/s1. The van der Waals surface area contributed by atoms with Gasteiger partial charge in [0.2, 0.25) is 0 Å². The van der Waals surface area contributed by atoms with E-state index in [-0.39, 0.29) is 32.2 Å². The van der Waals surface area contributed by atoms with Crippen LogP contribution in [0, 0.1) is 0 Å². The van der Waals surface area contributed by atoms with E-state index in [1.807, 2.05) is 27.2 Å². The topological polar surface area (TPSA) is 91.3 Å². The molecule has 0 aromatic heterocycles. The molecule has 1 unspecified atom stereocenters. The summed E-state index contributed by atoms with van der Waals surface area (Å²) in [5.74, 6) is -0.372. The van der Waals surface area contributed by atoms with Crippen LogP contribution < -0.4 is 0 Å². The van der Waals surface area contributed by atoms with Crippen LogP contribution in [-0.4, -0.2) is 69.0 Å². The molecule has 1 N–H and O–H groups in total. The maximum absolute atomic E-state index is 12.7. The zero-order chi connectivity index (χ0) is 42.0. The second-order valence-electron chi connectivity index (χ2n) is 15.8. The lowest BCUT2D eigenvalue weighted by Crippen LogP contribution is -2.37. The zero-order valence-electron chi connectivity index (χ0n) is 37.0. The number of carbonyl (C=O) groups is 1. The quantitative estimate of drug-likeness (QED) is 0.0164. The number of rotatable bonds is 40. The Bertz CT molecular complexity index is 1180. The van der Waals surface area contributed by atoms with Gasteiger partial charge >= 0.3 is 13.8 Å². The maximum Gasteiger partial charge on any atom is 0.472 e. The number of unbranched alkanes of at least 4 members (excludes halogenated alkanes) is 14. The molecule has 0 saturated heterocycles. The lowest BCUT2D eigenvalue weighted by Gasteiger charge is -2.24. The Kier molecular flexibility index (Phi) is 38.6. The van der Waals surface area contributed by atoms with Gasteiger partial charge in [0.25, 0.3) is 0 Å². The van der Waals surface area contributed by atoms with Crippen molar-refractivity contribution in [1.29, 1.82) is 0 Å². The number of hydrogen-bond donors (Lipinski definition) is 1. The van der Waals surface area contributed by atoms with Crippen molar-refractivity contribution in [3.63, 3.8) is 0 Å². The van der Waals surface area contributed by atoms with E-state index in [4.69, 9.17) is 18.5 Å². The first-order chi connectivity index (χ1) is 27.6. The normalized spacial score (nSPS) is 14.5. The molecule has 0 heterocycles. The minimum atomic E-state index is -4.31. The molecule has 0 rings (SSSR count). The molecule has 0 aliphatic carbocycles. The fraction of sp³-hybridized carbons (Fsp3) is 0.688. The van der Waals surface area contributed by atoms with E-state index in [1.165, 1.54) is 70.6 Å². The van der Waals surface area contributed by atoms with Gasteiger partial charge in [-0.1, -0.05) is 138 Å². The number of hydrogen-bond acceptors (Lipinski definition) is 6. The summed E-state index contributed by atoms with van der Waals surface area (Å²) in [6, 6.07) is 0. The van der Waals surface area contributed by atoms with Crippen LogP contribution in [0.4, 0.5) is 0 Å². The Balaban J connectivity index is 4.38. The fourth-order valence-corrected chi connectivity index (χ4v) is 6.28. The summed E-state index contributed by atoms with van der Waals surface area (Å²) in [5.41, 5.74) is 0. The van der Waals surface area contributed by atoms with Crippen LogP contribution in [0.2, 0.25) is 0 Å². The van der Waals surface area contributed by atoms with Crippen LogP contribution in [0.1, 0.15) is 162 Å². The van der Waals surface area contributed by atoms with Gasteiger partial charge in [-0.15, -0.1) is 0 Å². The van der Waals surface area contributed by atoms with Crippen LogP contribution >= 0.6 is 7.82 Å². The van der Waals surface area contributed by atoms with Crippen molar-refractivity contribution in [1.82, 2.24) is 0 Å². The number of carbonyl (C=O) groups excluding carboxylic acids is 1. The van der Waals surface area contributed by atoms with E-state index in [0.29, 0.717) is 17.4 Å². The van der Waals surface area contributed by atoms with E-state index in [9.17, 15) is 14.3 Å². The Morgan fingerprint density at radius 3 is 1.56 bits per heavy atom. The molecule has 0 aromatic rings. The first-order valence-corrected chi connectivity index (χ1v) is 23.9. The van der Waals surface area contributed by atoms with Gasteiger partial charge in [-0.25, -0.2) is 4.57 Å². The number of esters is 1. The highest BCUT2D eigenvalue weighted by molar-refractivity contribution is 7.47. The number of ether oxygens (including phenoxy) is 2. The van der Waals surface area contributed by atoms with Crippen LogP contribution in [0.25, 0.3) is 0 Å². The van der Waals surface area contributed by atoms with E-state index < -0.39 is 13.9 Å². The summed E-state index contributed by atoms with van der Waals surface area (Å²) < 4.78 is 34.7. The van der Waals surface area contributed by atoms with Gasteiger partial charge < -0.3 is 18.9 Å². The molecule has 57 heavy (non-hydrogen) atoms. The highest BCUT2D eigenvalue weighted by Crippen LogP contribution is 2.43. The van der Waals surface area contributed by atoms with E-state index >= 15 is 0 Å².